The molecule has 0 radical (unpaired) electrons. The van der Waals surface area contributed by atoms with Gasteiger partial charge in [0.05, 0.1) is 12.3 Å². The molecule has 1 aromatic carbocycles. The molecule has 0 saturated carbocycles. The van der Waals surface area contributed by atoms with Crippen molar-refractivity contribution in [3.8, 4) is 5.75 Å². The van der Waals surface area contributed by atoms with Gasteiger partial charge in [0.25, 0.3) is 0 Å². The molecule has 0 saturated heterocycles. The number of carbonyl (C=O) groups excluding carboxylic acids is 1. The molecule has 1 aliphatic rings. The minimum Gasteiger partial charge on any atom is -0.491 e. The summed E-state index contributed by atoms with van der Waals surface area (Å²) in [5.41, 5.74) is 0.820. The lowest BCUT2D eigenvalue weighted by Crippen LogP contribution is -2.32. The Morgan fingerprint density at radius 3 is 3.07 bits per heavy atom. The van der Waals surface area contributed by atoms with E-state index in [9.17, 15) is 4.79 Å². The predicted octanol–water partition coefficient (Wildman–Crippen LogP) is 2.04. The smallest absolute Gasteiger partial charge is 0.242 e. The maximum atomic E-state index is 11.6. The Labute approximate surface area is 93.6 Å². The third-order valence-corrected chi connectivity index (χ3v) is 2.58. The van der Waals surface area contributed by atoms with Crippen molar-refractivity contribution in [2.45, 2.75) is 6.42 Å². The highest BCUT2D eigenvalue weighted by Gasteiger charge is 2.20. The van der Waals surface area contributed by atoms with Gasteiger partial charge in [-0.3, -0.25) is 4.79 Å². The van der Waals surface area contributed by atoms with E-state index in [2.05, 4.69) is 0 Å². The molecule has 1 aromatic rings. The van der Waals surface area contributed by atoms with Crippen LogP contribution in [-0.2, 0) is 4.79 Å². The molecule has 0 fully saturated rings. The Balaban J connectivity index is 2.37. The van der Waals surface area contributed by atoms with E-state index in [4.69, 9.17) is 16.3 Å². The first kappa shape index (κ1) is 10.3. The van der Waals surface area contributed by atoms with Crippen LogP contribution in [0.25, 0.3) is 0 Å². The third-order valence-electron chi connectivity index (χ3n) is 2.36. The number of halogens is 1. The van der Waals surface area contributed by atoms with Crippen LogP contribution >= 0.6 is 11.6 Å². The highest BCUT2D eigenvalue weighted by molar-refractivity contribution is 6.29. The van der Waals surface area contributed by atoms with Crippen LogP contribution in [0.15, 0.2) is 24.3 Å². The second-order valence-corrected chi connectivity index (χ2v) is 3.62. The first-order chi connectivity index (χ1) is 7.33. The van der Waals surface area contributed by atoms with Gasteiger partial charge in [0, 0.05) is 6.54 Å². The molecule has 0 N–H and O–H groups in total. The minimum absolute atomic E-state index is 0.00827. The lowest BCUT2D eigenvalue weighted by Gasteiger charge is -2.20. The summed E-state index contributed by atoms with van der Waals surface area (Å²) < 4.78 is 5.54. The molecular weight excluding hydrogens is 214 g/mol. The van der Waals surface area contributed by atoms with Crippen molar-refractivity contribution in [3.05, 3.63) is 24.3 Å². The molecule has 4 heteroatoms. The Morgan fingerprint density at radius 2 is 2.27 bits per heavy atom. The number of rotatable bonds is 1. The zero-order chi connectivity index (χ0) is 10.7. The highest BCUT2D eigenvalue weighted by Crippen LogP contribution is 2.30. The van der Waals surface area contributed by atoms with Gasteiger partial charge in [-0.15, -0.1) is 11.6 Å². The Morgan fingerprint density at radius 1 is 1.47 bits per heavy atom. The van der Waals surface area contributed by atoms with Gasteiger partial charge in [0.2, 0.25) is 5.91 Å². The summed E-state index contributed by atoms with van der Waals surface area (Å²) in [7, 11) is 0. The molecule has 1 aliphatic heterocycles. The molecule has 2 rings (SSSR count). The van der Waals surface area contributed by atoms with Gasteiger partial charge >= 0.3 is 0 Å². The van der Waals surface area contributed by atoms with E-state index in [1.165, 1.54) is 0 Å². The topological polar surface area (TPSA) is 29.5 Å². The van der Waals surface area contributed by atoms with Crippen molar-refractivity contribution in [3.63, 3.8) is 0 Å². The van der Waals surface area contributed by atoms with Crippen LogP contribution in [-0.4, -0.2) is 24.9 Å². The Kier molecular flexibility index (Phi) is 3.11. The van der Waals surface area contributed by atoms with Crippen molar-refractivity contribution in [2.24, 2.45) is 0 Å². The van der Waals surface area contributed by atoms with Crippen LogP contribution in [0.3, 0.4) is 0 Å². The molecule has 0 unspecified atom stereocenters. The fraction of sp³-hybridized carbons (Fsp3) is 0.364. The zero-order valence-electron chi connectivity index (χ0n) is 8.28. The molecule has 0 aromatic heterocycles. The summed E-state index contributed by atoms with van der Waals surface area (Å²) in [4.78, 5) is 13.3. The minimum atomic E-state index is -0.0744. The van der Waals surface area contributed by atoms with Crippen LogP contribution in [0.1, 0.15) is 6.42 Å². The van der Waals surface area contributed by atoms with Gasteiger partial charge in [-0.1, -0.05) is 12.1 Å². The largest absolute Gasteiger partial charge is 0.491 e. The molecule has 3 nitrogen and oxygen atoms in total. The number of hydrogen-bond acceptors (Lipinski definition) is 2. The molecule has 0 aliphatic carbocycles. The second-order valence-electron chi connectivity index (χ2n) is 3.35. The van der Waals surface area contributed by atoms with Crippen molar-refractivity contribution in [1.29, 1.82) is 0 Å². The van der Waals surface area contributed by atoms with E-state index >= 15 is 0 Å². The van der Waals surface area contributed by atoms with Gasteiger partial charge in [-0.2, -0.15) is 0 Å². The van der Waals surface area contributed by atoms with E-state index in [1.807, 2.05) is 24.3 Å². The van der Waals surface area contributed by atoms with Crippen molar-refractivity contribution < 1.29 is 9.53 Å². The van der Waals surface area contributed by atoms with Crippen LogP contribution in [0.2, 0.25) is 0 Å². The highest BCUT2D eigenvalue weighted by atomic mass is 35.5. The Hall–Kier alpha value is -1.22. The molecular formula is C11H12ClNO2. The van der Waals surface area contributed by atoms with Crippen LogP contribution < -0.4 is 9.64 Å². The maximum absolute atomic E-state index is 11.6. The van der Waals surface area contributed by atoms with Gasteiger partial charge < -0.3 is 9.64 Å². The second kappa shape index (κ2) is 4.53. The summed E-state index contributed by atoms with van der Waals surface area (Å²) in [5, 5.41) is 0. The average Bonchev–Trinajstić information content (AvgIpc) is 2.50. The third kappa shape index (κ3) is 2.07. The predicted molar refractivity (Wildman–Crippen MR) is 59.6 cm³/mol. The van der Waals surface area contributed by atoms with Crippen LogP contribution in [0.5, 0.6) is 5.75 Å². The molecule has 15 heavy (non-hydrogen) atoms. The molecule has 1 heterocycles. The van der Waals surface area contributed by atoms with Gasteiger partial charge in [-0.05, 0) is 18.6 Å². The van der Waals surface area contributed by atoms with E-state index in [0.29, 0.717) is 13.2 Å². The van der Waals surface area contributed by atoms with Crippen LogP contribution in [0.4, 0.5) is 5.69 Å². The normalized spacial score (nSPS) is 15.1. The van der Waals surface area contributed by atoms with Gasteiger partial charge in [0.15, 0.2) is 0 Å². The standard InChI is InChI=1S/C11H12ClNO2/c12-8-11(14)13-6-3-7-15-10-5-2-1-4-9(10)13/h1-2,4-5H,3,6-8H2. The van der Waals surface area contributed by atoms with E-state index in [1.54, 1.807) is 4.90 Å². The molecule has 0 spiro atoms. The number of anilines is 1. The van der Waals surface area contributed by atoms with E-state index in [0.717, 1.165) is 17.9 Å². The quantitative estimate of drug-likeness (QED) is 0.685. The summed E-state index contributed by atoms with van der Waals surface area (Å²) in [6.07, 6.45) is 0.831. The maximum Gasteiger partial charge on any atom is 0.242 e. The van der Waals surface area contributed by atoms with Crippen molar-refractivity contribution in [2.75, 3.05) is 23.9 Å². The number of amides is 1. The molecule has 0 bridgehead atoms. The monoisotopic (exact) mass is 225 g/mol. The number of benzene rings is 1. The van der Waals surface area contributed by atoms with Crippen LogP contribution in [0, 0.1) is 0 Å². The van der Waals surface area contributed by atoms with E-state index in [-0.39, 0.29) is 11.8 Å². The lowest BCUT2D eigenvalue weighted by atomic mass is 10.2. The lowest BCUT2D eigenvalue weighted by molar-refractivity contribution is -0.116. The number of carbonyl (C=O) groups is 1. The Bertz CT molecular complexity index is 367. The molecule has 1 amide bonds. The summed E-state index contributed by atoms with van der Waals surface area (Å²) in [6.45, 7) is 1.31. The summed E-state index contributed by atoms with van der Waals surface area (Å²) in [6, 6.07) is 7.54. The molecule has 80 valence electrons. The first-order valence-electron chi connectivity index (χ1n) is 4.91. The number of fused-ring (bicyclic) bond motifs is 1. The number of ether oxygens (including phenoxy) is 1. The number of alkyl halides is 1. The van der Waals surface area contributed by atoms with Crippen molar-refractivity contribution >= 4 is 23.2 Å². The fourth-order valence-corrected chi connectivity index (χ4v) is 1.80. The van der Waals surface area contributed by atoms with Crippen molar-refractivity contribution in [1.82, 2.24) is 0 Å². The molecule has 0 atom stereocenters. The van der Waals surface area contributed by atoms with Gasteiger partial charge in [-0.25, -0.2) is 0 Å². The summed E-state index contributed by atoms with van der Waals surface area (Å²) >= 11 is 5.57. The fourth-order valence-electron chi connectivity index (χ4n) is 1.66. The first-order valence-corrected chi connectivity index (χ1v) is 5.44. The van der Waals surface area contributed by atoms with E-state index < -0.39 is 0 Å². The summed E-state index contributed by atoms with van der Waals surface area (Å²) in [5.74, 6) is 0.692. The number of nitrogens with zero attached hydrogens (tertiary/aromatic N) is 1. The SMILES string of the molecule is O=C(CCl)N1CCCOc2ccccc21. The number of hydrogen-bond donors (Lipinski definition) is 0. The average molecular weight is 226 g/mol. The number of para-hydroxylation sites is 2. The zero-order valence-corrected chi connectivity index (χ0v) is 9.04. The van der Waals surface area contributed by atoms with Gasteiger partial charge in [0.1, 0.15) is 11.6 Å².